The lowest BCUT2D eigenvalue weighted by Crippen LogP contribution is -2.52. The molecule has 2 saturated heterocycles. The van der Waals surface area contributed by atoms with Crippen molar-refractivity contribution < 1.29 is 13.2 Å². The standard InChI is InChI=1S/C21H26F3N5S/c1-25-20(26-11-19-28-18(13-30-19)21(22,23)24)27-15-9-16-7-8-17(10-15)29(16)12-14-5-3-2-4-6-14/h2-6,13,15-17H,7-12H2,1H3,(H2,25,26,27). The smallest absolute Gasteiger partial charge is 0.354 e. The van der Waals surface area contributed by atoms with Gasteiger partial charge in [0.15, 0.2) is 11.7 Å². The van der Waals surface area contributed by atoms with Gasteiger partial charge < -0.3 is 10.6 Å². The SMILES string of the molecule is CN=C(NCc1nc(C(F)(F)F)cs1)NC1CC2CCC(C1)N2Cc1ccccc1. The molecule has 1 aromatic carbocycles. The molecule has 30 heavy (non-hydrogen) atoms. The number of nitrogens with zero attached hydrogens (tertiary/aromatic N) is 3. The Labute approximate surface area is 178 Å². The summed E-state index contributed by atoms with van der Waals surface area (Å²) in [6, 6.07) is 12.0. The van der Waals surface area contributed by atoms with Crippen molar-refractivity contribution in [3.8, 4) is 0 Å². The van der Waals surface area contributed by atoms with Crippen molar-refractivity contribution in [2.45, 2.75) is 63.1 Å². The zero-order valence-electron chi connectivity index (χ0n) is 16.8. The van der Waals surface area contributed by atoms with E-state index in [0.29, 0.717) is 29.1 Å². The quantitative estimate of drug-likeness (QED) is 0.548. The summed E-state index contributed by atoms with van der Waals surface area (Å²) in [5.41, 5.74) is 0.509. The predicted molar refractivity (Wildman–Crippen MR) is 112 cm³/mol. The van der Waals surface area contributed by atoms with E-state index in [0.717, 1.165) is 36.1 Å². The molecule has 0 radical (unpaired) electrons. The van der Waals surface area contributed by atoms with Gasteiger partial charge in [-0.2, -0.15) is 13.2 Å². The highest BCUT2D eigenvalue weighted by atomic mass is 32.1. The van der Waals surface area contributed by atoms with Crippen molar-refractivity contribution in [1.29, 1.82) is 0 Å². The minimum atomic E-state index is -4.40. The van der Waals surface area contributed by atoms with Gasteiger partial charge in [-0.15, -0.1) is 11.3 Å². The average molecular weight is 438 g/mol. The molecule has 2 unspecified atom stereocenters. The van der Waals surface area contributed by atoms with E-state index < -0.39 is 11.9 Å². The molecule has 2 aliphatic rings. The highest BCUT2D eigenvalue weighted by Crippen LogP contribution is 2.37. The van der Waals surface area contributed by atoms with Crippen molar-refractivity contribution in [3.63, 3.8) is 0 Å². The lowest BCUT2D eigenvalue weighted by molar-refractivity contribution is -0.140. The lowest BCUT2D eigenvalue weighted by Gasteiger charge is -2.39. The lowest BCUT2D eigenvalue weighted by atomic mass is 9.96. The van der Waals surface area contributed by atoms with Crippen LogP contribution in [0.1, 0.15) is 41.9 Å². The number of piperidine rings is 1. The Balaban J connectivity index is 1.29. The Kier molecular flexibility index (Phi) is 6.29. The number of rotatable bonds is 5. The Hall–Kier alpha value is -2.13. The molecule has 162 valence electrons. The first kappa shape index (κ1) is 21.1. The Bertz CT molecular complexity index is 853. The molecule has 2 bridgehead atoms. The molecule has 5 nitrogen and oxygen atoms in total. The molecular weight excluding hydrogens is 411 g/mol. The van der Waals surface area contributed by atoms with E-state index in [1.54, 1.807) is 7.05 Å². The minimum Gasteiger partial charge on any atom is -0.354 e. The van der Waals surface area contributed by atoms with Gasteiger partial charge in [-0.3, -0.25) is 9.89 Å². The number of hydrogen-bond donors (Lipinski definition) is 2. The van der Waals surface area contributed by atoms with Crippen LogP contribution in [0.4, 0.5) is 13.2 Å². The molecule has 2 fully saturated rings. The van der Waals surface area contributed by atoms with E-state index >= 15 is 0 Å². The number of guanidine groups is 1. The van der Waals surface area contributed by atoms with Gasteiger partial charge in [-0.25, -0.2) is 4.98 Å². The molecule has 4 rings (SSSR count). The summed E-state index contributed by atoms with van der Waals surface area (Å²) in [6.45, 7) is 1.21. The number of nitrogens with one attached hydrogen (secondary N) is 2. The number of alkyl halides is 3. The van der Waals surface area contributed by atoms with Crippen molar-refractivity contribution >= 4 is 17.3 Å². The molecule has 2 atom stereocenters. The van der Waals surface area contributed by atoms with Crippen LogP contribution in [0.3, 0.4) is 0 Å². The molecular formula is C21H26F3N5S. The zero-order valence-corrected chi connectivity index (χ0v) is 17.6. The number of benzene rings is 1. The van der Waals surface area contributed by atoms with E-state index in [1.807, 2.05) is 6.07 Å². The third kappa shape index (κ3) is 4.95. The topological polar surface area (TPSA) is 52.6 Å². The second kappa shape index (κ2) is 8.93. The molecule has 0 aliphatic carbocycles. The summed E-state index contributed by atoms with van der Waals surface area (Å²) in [7, 11) is 1.68. The van der Waals surface area contributed by atoms with Crippen LogP contribution in [0.15, 0.2) is 40.7 Å². The predicted octanol–water partition coefficient (Wildman–Crippen LogP) is 4.02. The molecule has 0 saturated carbocycles. The van der Waals surface area contributed by atoms with E-state index in [-0.39, 0.29) is 6.54 Å². The number of thiazole rings is 1. The van der Waals surface area contributed by atoms with Gasteiger partial charge in [0.1, 0.15) is 5.01 Å². The maximum absolute atomic E-state index is 12.7. The van der Waals surface area contributed by atoms with Gasteiger partial charge in [0, 0.05) is 37.1 Å². The number of aromatic nitrogens is 1. The Morgan fingerprint density at radius 2 is 1.90 bits per heavy atom. The van der Waals surface area contributed by atoms with Gasteiger partial charge in [-0.05, 0) is 31.2 Å². The van der Waals surface area contributed by atoms with Gasteiger partial charge in [0.05, 0.1) is 6.54 Å². The summed E-state index contributed by atoms with van der Waals surface area (Å²) in [5, 5.41) is 8.01. The molecule has 3 heterocycles. The van der Waals surface area contributed by atoms with Crippen LogP contribution in [-0.4, -0.2) is 41.0 Å². The summed E-state index contributed by atoms with van der Waals surface area (Å²) >= 11 is 1.00. The van der Waals surface area contributed by atoms with Crippen LogP contribution < -0.4 is 10.6 Å². The van der Waals surface area contributed by atoms with E-state index in [4.69, 9.17) is 0 Å². The summed E-state index contributed by atoms with van der Waals surface area (Å²) in [4.78, 5) is 10.5. The summed E-state index contributed by atoms with van der Waals surface area (Å²) in [5.74, 6) is 0.611. The largest absolute Gasteiger partial charge is 0.434 e. The van der Waals surface area contributed by atoms with Crippen LogP contribution in [-0.2, 0) is 19.3 Å². The first-order chi connectivity index (χ1) is 14.4. The Morgan fingerprint density at radius 3 is 2.50 bits per heavy atom. The highest BCUT2D eigenvalue weighted by molar-refractivity contribution is 7.09. The van der Waals surface area contributed by atoms with Crippen molar-refractivity contribution in [3.05, 3.63) is 52.0 Å². The van der Waals surface area contributed by atoms with E-state index in [2.05, 4.69) is 49.8 Å². The number of aliphatic imine (C=N–C) groups is 1. The molecule has 2 aromatic rings. The molecule has 1 aromatic heterocycles. The normalized spacial score (nSPS) is 24.8. The number of halogens is 3. The van der Waals surface area contributed by atoms with Crippen LogP contribution >= 0.6 is 11.3 Å². The van der Waals surface area contributed by atoms with Crippen LogP contribution in [0, 0.1) is 0 Å². The molecule has 0 amide bonds. The third-order valence-electron chi connectivity index (χ3n) is 5.91. The van der Waals surface area contributed by atoms with Gasteiger partial charge >= 0.3 is 6.18 Å². The van der Waals surface area contributed by atoms with Gasteiger partial charge in [0.25, 0.3) is 0 Å². The minimum absolute atomic E-state index is 0.222. The second-order valence-electron chi connectivity index (χ2n) is 7.91. The fourth-order valence-corrected chi connectivity index (χ4v) is 5.25. The van der Waals surface area contributed by atoms with Crippen LogP contribution in [0.2, 0.25) is 0 Å². The van der Waals surface area contributed by atoms with Gasteiger partial charge in [0.2, 0.25) is 0 Å². The average Bonchev–Trinajstić information content (AvgIpc) is 3.28. The first-order valence-electron chi connectivity index (χ1n) is 10.2. The maximum Gasteiger partial charge on any atom is 0.434 e. The highest BCUT2D eigenvalue weighted by Gasteiger charge is 2.40. The number of hydrogen-bond acceptors (Lipinski definition) is 4. The van der Waals surface area contributed by atoms with Crippen molar-refractivity contribution in [2.75, 3.05) is 7.05 Å². The zero-order chi connectivity index (χ0) is 21.1. The van der Waals surface area contributed by atoms with Crippen LogP contribution in [0.5, 0.6) is 0 Å². The molecule has 0 spiro atoms. The molecule has 9 heteroatoms. The Morgan fingerprint density at radius 1 is 1.20 bits per heavy atom. The number of fused-ring (bicyclic) bond motifs is 2. The van der Waals surface area contributed by atoms with Crippen LogP contribution in [0.25, 0.3) is 0 Å². The second-order valence-corrected chi connectivity index (χ2v) is 8.85. The maximum atomic E-state index is 12.7. The molecule has 2 N–H and O–H groups in total. The fraction of sp³-hybridized carbons (Fsp3) is 0.524. The first-order valence-corrected chi connectivity index (χ1v) is 11.1. The fourth-order valence-electron chi connectivity index (χ4n) is 4.51. The summed E-state index contributed by atoms with van der Waals surface area (Å²) in [6.07, 6.45) is 0.1000. The monoisotopic (exact) mass is 437 g/mol. The van der Waals surface area contributed by atoms with Gasteiger partial charge in [-0.1, -0.05) is 30.3 Å². The molecule has 2 aliphatic heterocycles. The van der Waals surface area contributed by atoms with E-state index in [1.165, 1.54) is 18.4 Å². The summed E-state index contributed by atoms with van der Waals surface area (Å²) < 4.78 is 38.1. The van der Waals surface area contributed by atoms with Crippen molar-refractivity contribution in [1.82, 2.24) is 20.5 Å². The third-order valence-corrected chi connectivity index (χ3v) is 6.75. The van der Waals surface area contributed by atoms with E-state index in [9.17, 15) is 13.2 Å². The van der Waals surface area contributed by atoms with Crippen molar-refractivity contribution in [2.24, 2.45) is 4.99 Å².